The van der Waals surface area contributed by atoms with Crippen LogP contribution in [-0.2, 0) is 6.42 Å². The summed E-state index contributed by atoms with van der Waals surface area (Å²) in [6.45, 7) is 2.85. The van der Waals surface area contributed by atoms with E-state index in [0.717, 1.165) is 24.8 Å². The van der Waals surface area contributed by atoms with Crippen molar-refractivity contribution in [3.05, 3.63) is 34.4 Å². The van der Waals surface area contributed by atoms with E-state index in [1.165, 1.54) is 12.1 Å². The highest BCUT2D eigenvalue weighted by Crippen LogP contribution is 2.27. The van der Waals surface area contributed by atoms with Crippen molar-refractivity contribution < 1.29 is 8.91 Å². The van der Waals surface area contributed by atoms with Crippen LogP contribution in [0.3, 0.4) is 0 Å². The number of aryl methyl sites for hydroxylation is 1. The fourth-order valence-electron chi connectivity index (χ4n) is 1.94. The first kappa shape index (κ1) is 15.1. The van der Waals surface area contributed by atoms with Crippen molar-refractivity contribution in [3.8, 4) is 11.4 Å². The normalized spacial score (nSPS) is 12.6. The number of rotatable bonds is 6. The Kier molecular flexibility index (Phi) is 5.25. The molecule has 20 heavy (non-hydrogen) atoms. The summed E-state index contributed by atoms with van der Waals surface area (Å²) in [5, 5.41) is 3.94. The van der Waals surface area contributed by atoms with Gasteiger partial charge in [0, 0.05) is 16.5 Å². The molecule has 0 fully saturated rings. The van der Waals surface area contributed by atoms with Crippen molar-refractivity contribution in [2.24, 2.45) is 11.7 Å². The predicted octanol–water partition coefficient (Wildman–Crippen LogP) is 3.56. The van der Waals surface area contributed by atoms with Gasteiger partial charge in [-0.05, 0) is 59.4 Å². The predicted molar refractivity (Wildman–Crippen MR) is 78.5 cm³/mol. The molecule has 4 nitrogen and oxygen atoms in total. The third kappa shape index (κ3) is 3.86. The van der Waals surface area contributed by atoms with E-state index in [-0.39, 0.29) is 5.82 Å². The van der Waals surface area contributed by atoms with E-state index in [9.17, 15) is 4.39 Å². The Hall–Kier alpha value is -1.27. The summed E-state index contributed by atoms with van der Waals surface area (Å²) in [4.78, 5) is 4.34. The summed E-state index contributed by atoms with van der Waals surface area (Å²) in [6.07, 6.45) is 2.68. The Labute approximate surface area is 125 Å². The van der Waals surface area contributed by atoms with Crippen LogP contribution in [0.25, 0.3) is 11.4 Å². The molecule has 2 aromatic rings. The lowest BCUT2D eigenvalue weighted by Gasteiger charge is -2.06. The summed E-state index contributed by atoms with van der Waals surface area (Å²) < 4.78 is 18.9. The van der Waals surface area contributed by atoms with Gasteiger partial charge in [-0.1, -0.05) is 12.1 Å². The minimum atomic E-state index is -0.306. The number of nitrogens with zero attached hydrogens (tertiary/aromatic N) is 2. The molecule has 0 bridgehead atoms. The Balaban J connectivity index is 2.05. The van der Waals surface area contributed by atoms with Crippen LogP contribution in [0.1, 0.15) is 25.7 Å². The number of hydrogen-bond acceptors (Lipinski definition) is 4. The van der Waals surface area contributed by atoms with Crippen molar-refractivity contribution in [2.45, 2.75) is 26.2 Å². The summed E-state index contributed by atoms with van der Waals surface area (Å²) >= 11 is 3.30. The van der Waals surface area contributed by atoms with Crippen LogP contribution in [0.5, 0.6) is 0 Å². The highest BCUT2D eigenvalue weighted by Gasteiger charge is 2.13. The van der Waals surface area contributed by atoms with Crippen LogP contribution >= 0.6 is 15.9 Å². The van der Waals surface area contributed by atoms with E-state index in [1.54, 1.807) is 6.07 Å². The molecule has 1 unspecified atom stereocenters. The lowest BCUT2D eigenvalue weighted by molar-refractivity contribution is 0.362. The molecule has 1 aromatic carbocycles. The summed E-state index contributed by atoms with van der Waals surface area (Å²) in [5.74, 6) is 1.30. The molecule has 0 amide bonds. The molecule has 1 heterocycles. The van der Waals surface area contributed by atoms with Crippen LogP contribution in [-0.4, -0.2) is 16.7 Å². The maximum absolute atomic E-state index is 13.0. The van der Waals surface area contributed by atoms with E-state index in [4.69, 9.17) is 10.3 Å². The van der Waals surface area contributed by atoms with Crippen molar-refractivity contribution in [3.63, 3.8) is 0 Å². The number of nitrogens with two attached hydrogens (primary N) is 1. The second kappa shape index (κ2) is 6.95. The fraction of sp³-hybridized carbons (Fsp3) is 0.429. The van der Waals surface area contributed by atoms with Gasteiger partial charge in [-0.25, -0.2) is 4.39 Å². The highest BCUT2D eigenvalue weighted by molar-refractivity contribution is 9.10. The smallest absolute Gasteiger partial charge is 0.226 e. The molecule has 1 aromatic heterocycles. The lowest BCUT2D eigenvalue weighted by atomic mass is 10.0. The maximum atomic E-state index is 13.0. The molecule has 0 aliphatic heterocycles. The van der Waals surface area contributed by atoms with E-state index in [2.05, 4.69) is 33.0 Å². The minimum Gasteiger partial charge on any atom is -0.339 e. The number of aromatic nitrogens is 2. The first-order valence-electron chi connectivity index (χ1n) is 6.58. The number of halogens is 2. The van der Waals surface area contributed by atoms with E-state index in [0.29, 0.717) is 28.7 Å². The van der Waals surface area contributed by atoms with E-state index >= 15 is 0 Å². The molecule has 2 rings (SSSR count). The van der Waals surface area contributed by atoms with Crippen molar-refractivity contribution in [1.82, 2.24) is 10.1 Å². The second-order valence-electron chi connectivity index (χ2n) is 4.86. The van der Waals surface area contributed by atoms with Crippen LogP contribution in [0, 0.1) is 11.7 Å². The first-order chi connectivity index (χ1) is 9.60. The van der Waals surface area contributed by atoms with Crippen molar-refractivity contribution in [2.75, 3.05) is 6.54 Å². The standard InChI is InChI=1S/C14H17BrFN3O/c1-9(6-7-17)2-5-13-18-14(19-20-13)11-4-3-10(16)8-12(11)15/h3-4,8-9H,2,5-7,17H2,1H3. The second-order valence-corrected chi connectivity index (χ2v) is 5.71. The quantitative estimate of drug-likeness (QED) is 0.872. The Bertz CT molecular complexity index is 573. The average Bonchev–Trinajstić information content (AvgIpc) is 2.85. The number of benzene rings is 1. The Morgan fingerprint density at radius 1 is 1.40 bits per heavy atom. The van der Waals surface area contributed by atoms with Gasteiger partial charge in [0.05, 0.1) is 0 Å². The van der Waals surface area contributed by atoms with E-state index in [1.807, 2.05) is 0 Å². The summed E-state index contributed by atoms with van der Waals surface area (Å²) in [5.41, 5.74) is 6.24. The first-order valence-corrected chi connectivity index (χ1v) is 7.37. The zero-order valence-electron chi connectivity index (χ0n) is 11.3. The molecular formula is C14H17BrFN3O. The topological polar surface area (TPSA) is 64.9 Å². The van der Waals surface area contributed by atoms with Gasteiger partial charge in [0.25, 0.3) is 0 Å². The molecule has 2 N–H and O–H groups in total. The molecular weight excluding hydrogens is 325 g/mol. The maximum Gasteiger partial charge on any atom is 0.226 e. The van der Waals surface area contributed by atoms with Gasteiger partial charge < -0.3 is 10.3 Å². The van der Waals surface area contributed by atoms with Crippen molar-refractivity contribution >= 4 is 15.9 Å². The number of hydrogen-bond donors (Lipinski definition) is 1. The molecule has 0 aliphatic carbocycles. The van der Waals surface area contributed by atoms with Crippen LogP contribution in [0.4, 0.5) is 4.39 Å². The fourth-order valence-corrected chi connectivity index (χ4v) is 2.46. The molecule has 1 atom stereocenters. The van der Waals surface area contributed by atoms with Gasteiger partial charge in [0.2, 0.25) is 11.7 Å². The van der Waals surface area contributed by atoms with Crippen LogP contribution in [0.2, 0.25) is 0 Å². The van der Waals surface area contributed by atoms with Gasteiger partial charge in [-0.15, -0.1) is 0 Å². The third-order valence-electron chi connectivity index (χ3n) is 3.15. The molecule has 0 saturated heterocycles. The average molecular weight is 342 g/mol. The van der Waals surface area contributed by atoms with Gasteiger partial charge in [-0.3, -0.25) is 0 Å². The van der Waals surface area contributed by atoms with Gasteiger partial charge in [0.1, 0.15) is 5.82 Å². The van der Waals surface area contributed by atoms with Crippen LogP contribution in [0.15, 0.2) is 27.2 Å². The zero-order chi connectivity index (χ0) is 14.5. The van der Waals surface area contributed by atoms with Crippen LogP contribution < -0.4 is 5.73 Å². The molecule has 0 spiro atoms. The zero-order valence-corrected chi connectivity index (χ0v) is 12.9. The monoisotopic (exact) mass is 341 g/mol. The van der Waals surface area contributed by atoms with Crippen molar-refractivity contribution in [1.29, 1.82) is 0 Å². The SMILES string of the molecule is CC(CCN)CCc1nc(-c2ccc(F)cc2Br)no1. The summed E-state index contributed by atoms with van der Waals surface area (Å²) in [6, 6.07) is 4.39. The van der Waals surface area contributed by atoms with E-state index < -0.39 is 0 Å². The molecule has 0 radical (unpaired) electrons. The minimum absolute atomic E-state index is 0.306. The molecule has 108 valence electrons. The molecule has 0 saturated carbocycles. The van der Waals surface area contributed by atoms with Gasteiger partial charge >= 0.3 is 0 Å². The Morgan fingerprint density at radius 3 is 2.90 bits per heavy atom. The van der Waals surface area contributed by atoms with Gasteiger partial charge in [-0.2, -0.15) is 4.98 Å². The molecule has 6 heteroatoms. The Morgan fingerprint density at radius 2 is 2.20 bits per heavy atom. The summed E-state index contributed by atoms with van der Waals surface area (Å²) in [7, 11) is 0. The third-order valence-corrected chi connectivity index (χ3v) is 3.81. The van der Waals surface area contributed by atoms with Gasteiger partial charge in [0.15, 0.2) is 0 Å². The molecule has 0 aliphatic rings. The highest BCUT2D eigenvalue weighted by atomic mass is 79.9. The lowest BCUT2D eigenvalue weighted by Crippen LogP contribution is -2.06. The largest absolute Gasteiger partial charge is 0.339 e.